The van der Waals surface area contributed by atoms with Crippen LogP contribution < -0.4 is 5.73 Å². The molecule has 96 valence electrons. The summed E-state index contributed by atoms with van der Waals surface area (Å²) >= 11 is 0. The highest BCUT2D eigenvalue weighted by Gasteiger charge is 2.05. The Morgan fingerprint density at radius 2 is 2.18 bits per heavy atom. The van der Waals surface area contributed by atoms with E-state index in [-0.39, 0.29) is 6.04 Å². The lowest BCUT2D eigenvalue weighted by atomic mass is 10.1. The molecule has 17 heavy (non-hydrogen) atoms. The van der Waals surface area contributed by atoms with Crippen LogP contribution in [0.2, 0.25) is 0 Å². The van der Waals surface area contributed by atoms with Crippen molar-refractivity contribution < 1.29 is 4.74 Å². The molecule has 3 heteroatoms. The fraction of sp³-hybridized carbons (Fsp3) is 0.643. The Hall–Kier alpha value is -0.930. The largest absolute Gasteiger partial charge is 0.382 e. The molecule has 0 saturated carbocycles. The van der Waals surface area contributed by atoms with E-state index < -0.39 is 0 Å². The minimum Gasteiger partial charge on any atom is -0.382 e. The third-order valence-corrected chi connectivity index (χ3v) is 2.83. The van der Waals surface area contributed by atoms with E-state index in [9.17, 15) is 0 Å². The third-order valence-electron chi connectivity index (χ3n) is 2.83. The van der Waals surface area contributed by atoms with Gasteiger partial charge in [0.15, 0.2) is 0 Å². The molecule has 1 atom stereocenters. The first-order chi connectivity index (χ1) is 8.26. The number of rotatable bonds is 8. The van der Waals surface area contributed by atoms with Crippen LogP contribution in [-0.4, -0.2) is 24.2 Å². The smallest absolute Gasteiger partial charge is 0.0466 e. The highest BCUT2D eigenvalue weighted by atomic mass is 16.5. The Labute approximate surface area is 104 Å². The predicted molar refractivity (Wildman–Crippen MR) is 71.0 cm³/mol. The molecular weight excluding hydrogens is 212 g/mol. The molecule has 1 heterocycles. The molecule has 2 N–H and O–H groups in total. The maximum Gasteiger partial charge on any atom is 0.0466 e. The van der Waals surface area contributed by atoms with Crippen LogP contribution in [0.3, 0.4) is 0 Å². The van der Waals surface area contributed by atoms with Crippen molar-refractivity contribution in [2.75, 3.05) is 13.2 Å². The van der Waals surface area contributed by atoms with Crippen molar-refractivity contribution in [3.8, 4) is 0 Å². The summed E-state index contributed by atoms with van der Waals surface area (Å²) in [5, 5.41) is 0. The van der Waals surface area contributed by atoms with E-state index in [1.165, 1.54) is 5.56 Å². The van der Waals surface area contributed by atoms with Gasteiger partial charge in [0, 0.05) is 37.6 Å². The van der Waals surface area contributed by atoms with Crippen molar-refractivity contribution in [1.82, 2.24) is 4.98 Å². The van der Waals surface area contributed by atoms with E-state index in [1.54, 1.807) is 0 Å². The molecule has 1 aromatic heterocycles. The average Bonchev–Trinajstić information content (AvgIpc) is 2.36. The highest BCUT2D eigenvalue weighted by Crippen LogP contribution is 2.06. The van der Waals surface area contributed by atoms with Gasteiger partial charge in [0.25, 0.3) is 0 Å². The monoisotopic (exact) mass is 236 g/mol. The lowest BCUT2D eigenvalue weighted by molar-refractivity contribution is 0.142. The van der Waals surface area contributed by atoms with Crippen molar-refractivity contribution in [1.29, 1.82) is 0 Å². The van der Waals surface area contributed by atoms with Crippen molar-refractivity contribution in [3.05, 3.63) is 29.6 Å². The van der Waals surface area contributed by atoms with Gasteiger partial charge in [0.1, 0.15) is 0 Å². The van der Waals surface area contributed by atoms with Gasteiger partial charge in [-0.15, -0.1) is 0 Å². The maximum absolute atomic E-state index is 6.06. The zero-order chi connectivity index (χ0) is 12.5. The number of aryl methyl sites for hydroxylation is 1. The molecule has 0 fully saturated rings. The molecule has 3 nitrogen and oxygen atoms in total. The highest BCUT2D eigenvalue weighted by molar-refractivity contribution is 5.14. The summed E-state index contributed by atoms with van der Waals surface area (Å²) in [7, 11) is 0. The third kappa shape index (κ3) is 5.80. The van der Waals surface area contributed by atoms with Crippen LogP contribution in [0.1, 0.15) is 37.9 Å². The standard InChI is InChI=1S/C14H24N2O/c1-3-12-7-8-14(16-11-12)10-13(15)6-5-9-17-4-2/h7-8,11,13H,3-6,9-10,15H2,1-2H3. The first-order valence-corrected chi connectivity index (χ1v) is 6.53. The molecule has 0 saturated heterocycles. The average molecular weight is 236 g/mol. The molecule has 0 spiro atoms. The van der Waals surface area contributed by atoms with Crippen LogP contribution in [0.5, 0.6) is 0 Å². The first kappa shape index (κ1) is 14.1. The Morgan fingerprint density at radius 1 is 1.35 bits per heavy atom. The summed E-state index contributed by atoms with van der Waals surface area (Å²) in [6.07, 6.45) is 5.87. The topological polar surface area (TPSA) is 48.1 Å². The van der Waals surface area contributed by atoms with E-state index in [0.717, 1.165) is 44.6 Å². The lowest BCUT2D eigenvalue weighted by Crippen LogP contribution is -2.23. The Bertz CT molecular complexity index is 298. The van der Waals surface area contributed by atoms with Crippen molar-refractivity contribution in [2.24, 2.45) is 5.73 Å². The van der Waals surface area contributed by atoms with E-state index in [1.807, 2.05) is 13.1 Å². The van der Waals surface area contributed by atoms with Crippen LogP contribution in [0.15, 0.2) is 18.3 Å². The van der Waals surface area contributed by atoms with Gasteiger partial charge in [-0.3, -0.25) is 4.98 Å². The molecule has 1 rings (SSSR count). The minimum absolute atomic E-state index is 0.190. The van der Waals surface area contributed by atoms with Gasteiger partial charge in [-0.05, 0) is 37.8 Å². The van der Waals surface area contributed by atoms with Gasteiger partial charge in [-0.25, -0.2) is 0 Å². The lowest BCUT2D eigenvalue weighted by Gasteiger charge is -2.11. The Balaban J connectivity index is 2.26. The number of aromatic nitrogens is 1. The second kappa shape index (κ2) is 8.20. The van der Waals surface area contributed by atoms with E-state index in [2.05, 4.69) is 24.0 Å². The van der Waals surface area contributed by atoms with E-state index in [4.69, 9.17) is 10.5 Å². The molecular formula is C14H24N2O. The fourth-order valence-electron chi connectivity index (χ4n) is 1.75. The van der Waals surface area contributed by atoms with Gasteiger partial charge < -0.3 is 10.5 Å². The van der Waals surface area contributed by atoms with Gasteiger partial charge in [0.05, 0.1) is 0 Å². The van der Waals surface area contributed by atoms with E-state index >= 15 is 0 Å². The predicted octanol–water partition coefficient (Wildman–Crippen LogP) is 2.33. The molecule has 0 aliphatic rings. The summed E-state index contributed by atoms with van der Waals surface area (Å²) in [4.78, 5) is 4.42. The fourth-order valence-corrected chi connectivity index (χ4v) is 1.75. The van der Waals surface area contributed by atoms with Crippen LogP contribution in [0, 0.1) is 0 Å². The van der Waals surface area contributed by atoms with Crippen molar-refractivity contribution in [2.45, 2.75) is 45.6 Å². The zero-order valence-corrected chi connectivity index (χ0v) is 11.0. The van der Waals surface area contributed by atoms with Crippen molar-refractivity contribution >= 4 is 0 Å². The van der Waals surface area contributed by atoms with Gasteiger partial charge >= 0.3 is 0 Å². The summed E-state index contributed by atoms with van der Waals surface area (Å²) < 4.78 is 5.29. The number of nitrogens with two attached hydrogens (primary N) is 1. The summed E-state index contributed by atoms with van der Waals surface area (Å²) in [5.41, 5.74) is 8.43. The van der Waals surface area contributed by atoms with Gasteiger partial charge in [-0.1, -0.05) is 13.0 Å². The summed E-state index contributed by atoms with van der Waals surface area (Å²) in [5.74, 6) is 0. The molecule has 0 amide bonds. The Kier molecular flexibility index (Phi) is 6.82. The number of ether oxygens (including phenoxy) is 1. The SMILES string of the molecule is CCOCCCC(N)Cc1ccc(CC)cn1. The van der Waals surface area contributed by atoms with Crippen LogP contribution in [0.4, 0.5) is 0 Å². The molecule has 0 aliphatic carbocycles. The molecule has 0 aromatic carbocycles. The van der Waals surface area contributed by atoms with Crippen molar-refractivity contribution in [3.63, 3.8) is 0 Å². The zero-order valence-electron chi connectivity index (χ0n) is 11.0. The number of nitrogens with zero attached hydrogens (tertiary/aromatic N) is 1. The second-order valence-electron chi connectivity index (χ2n) is 4.31. The Morgan fingerprint density at radius 3 is 2.76 bits per heavy atom. The summed E-state index contributed by atoms with van der Waals surface area (Å²) in [6, 6.07) is 4.41. The van der Waals surface area contributed by atoms with Crippen LogP contribution in [-0.2, 0) is 17.6 Å². The second-order valence-corrected chi connectivity index (χ2v) is 4.31. The van der Waals surface area contributed by atoms with Gasteiger partial charge in [0.2, 0.25) is 0 Å². The normalized spacial score (nSPS) is 12.6. The molecule has 0 bridgehead atoms. The number of hydrogen-bond donors (Lipinski definition) is 1. The molecule has 1 aromatic rings. The van der Waals surface area contributed by atoms with Crippen LogP contribution >= 0.6 is 0 Å². The number of hydrogen-bond acceptors (Lipinski definition) is 3. The minimum atomic E-state index is 0.190. The number of pyridine rings is 1. The molecule has 1 unspecified atom stereocenters. The van der Waals surface area contributed by atoms with E-state index in [0.29, 0.717) is 0 Å². The molecule has 0 aliphatic heterocycles. The summed E-state index contributed by atoms with van der Waals surface area (Å²) in [6.45, 7) is 5.75. The molecule has 0 radical (unpaired) electrons. The van der Waals surface area contributed by atoms with Crippen LogP contribution in [0.25, 0.3) is 0 Å². The first-order valence-electron chi connectivity index (χ1n) is 6.53. The van der Waals surface area contributed by atoms with Gasteiger partial charge in [-0.2, -0.15) is 0 Å². The quantitative estimate of drug-likeness (QED) is 0.705. The maximum atomic E-state index is 6.06.